The van der Waals surface area contributed by atoms with Crippen LogP contribution in [0.2, 0.25) is 0 Å². The number of fused-ring (bicyclic) bond motifs is 14. The molecule has 12 aromatic carbocycles. The number of furan rings is 2. The Labute approximate surface area is 391 Å². The van der Waals surface area contributed by atoms with Crippen LogP contribution in [0, 0.1) is 0 Å². The van der Waals surface area contributed by atoms with E-state index in [4.69, 9.17) is 8.83 Å². The standard InChI is InChI=1S/C64H40N2O2/c1-3-17-41(18-4-1)46-21-9-12-28-57(46)66(59-30-16-27-55-51-24-11-14-32-61(51)68-64(55)59)44-34-37-47-42(39-44)33-36-53-49-38-35-45(40-56(49)48-22-7-8-25-52(48)62(47)53)65(43-19-5-2-6-20-43)58-29-15-26-54-50-23-10-13-31-60(50)67-63(54)58/h1-40H. The van der Waals surface area contributed by atoms with Crippen molar-refractivity contribution in [3.63, 3.8) is 0 Å². The van der Waals surface area contributed by atoms with E-state index in [9.17, 15) is 0 Å². The predicted molar refractivity (Wildman–Crippen MR) is 286 cm³/mol. The zero-order valence-electron chi connectivity index (χ0n) is 36.8. The SMILES string of the molecule is c1ccc(-c2ccccc2N(c2ccc3c(ccc4c5ccc(N(c6ccccc6)c6cccc7c6oc6ccccc67)cc5c5ccccc5c34)c2)c2cccc3c2oc2ccccc23)cc1. The quantitative estimate of drug-likeness (QED) is 0.149. The van der Waals surface area contributed by atoms with Crippen molar-refractivity contribution in [2.75, 3.05) is 9.80 Å². The van der Waals surface area contributed by atoms with Crippen molar-refractivity contribution >= 4 is 121 Å². The van der Waals surface area contributed by atoms with Crippen molar-refractivity contribution in [3.8, 4) is 11.1 Å². The minimum absolute atomic E-state index is 0.854. The molecule has 0 aliphatic rings. The number of para-hydroxylation sites is 6. The van der Waals surface area contributed by atoms with Gasteiger partial charge in [0.2, 0.25) is 0 Å². The maximum Gasteiger partial charge on any atom is 0.159 e. The summed E-state index contributed by atoms with van der Waals surface area (Å²) in [6, 6.07) is 86.9. The molecule has 0 aliphatic heterocycles. The van der Waals surface area contributed by atoms with Crippen LogP contribution in [-0.2, 0) is 0 Å². The van der Waals surface area contributed by atoms with E-state index in [0.717, 1.165) is 94.5 Å². The van der Waals surface area contributed by atoms with Crippen LogP contribution in [0.25, 0.3) is 98.1 Å². The second-order valence-electron chi connectivity index (χ2n) is 17.6. The highest BCUT2D eigenvalue weighted by molar-refractivity contribution is 6.32. The first-order valence-electron chi connectivity index (χ1n) is 23.2. The second kappa shape index (κ2) is 15.2. The molecule has 318 valence electrons. The molecule has 0 N–H and O–H groups in total. The van der Waals surface area contributed by atoms with Crippen LogP contribution in [0.4, 0.5) is 34.1 Å². The maximum atomic E-state index is 6.74. The average Bonchev–Trinajstić information content (AvgIpc) is 3.99. The summed E-state index contributed by atoms with van der Waals surface area (Å²) in [5, 5.41) is 14.1. The molecular formula is C64H40N2O2. The lowest BCUT2D eigenvalue weighted by Crippen LogP contribution is -2.11. The van der Waals surface area contributed by atoms with Crippen molar-refractivity contribution in [2.45, 2.75) is 0 Å². The maximum absolute atomic E-state index is 6.74. The molecule has 0 fully saturated rings. The van der Waals surface area contributed by atoms with Gasteiger partial charge in [-0.25, -0.2) is 0 Å². The normalized spacial score (nSPS) is 11.8. The van der Waals surface area contributed by atoms with Crippen molar-refractivity contribution in [1.29, 1.82) is 0 Å². The minimum atomic E-state index is 0.854. The molecule has 0 unspecified atom stereocenters. The molecule has 0 atom stereocenters. The van der Waals surface area contributed by atoms with Gasteiger partial charge < -0.3 is 18.6 Å². The van der Waals surface area contributed by atoms with Gasteiger partial charge in [-0.2, -0.15) is 0 Å². The summed E-state index contributed by atoms with van der Waals surface area (Å²) >= 11 is 0. The highest BCUT2D eigenvalue weighted by Crippen LogP contribution is 2.49. The number of hydrogen-bond acceptors (Lipinski definition) is 4. The van der Waals surface area contributed by atoms with Gasteiger partial charge in [-0.3, -0.25) is 0 Å². The molecule has 4 heteroatoms. The van der Waals surface area contributed by atoms with E-state index in [1.165, 1.54) is 37.7 Å². The molecule has 14 aromatic rings. The van der Waals surface area contributed by atoms with E-state index in [2.05, 4.69) is 234 Å². The fourth-order valence-electron chi connectivity index (χ4n) is 10.8. The molecule has 2 heterocycles. The summed E-state index contributed by atoms with van der Waals surface area (Å²) in [6.07, 6.45) is 0. The number of hydrogen-bond donors (Lipinski definition) is 0. The molecule has 0 bridgehead atoms. The van der Waals surface area contributed by atoms with Gasteiger partial charge in [0.05, 0.1) is 17.1 Å². The van der Waals surface area contributed by atoms with Crippen LogP contribution in [0.3, 0.4) is 0 Å². The van der Waals surface area contributed by atoms with Crippen molar-refractivity contribution in [1.82, 2.24) is 0 Å². The Balaban J connectivity index is 0.975. The lowest BCUT2D eigenvalue weighted by Gasteiger charge is -2.28. The van der Waals surface area contributed by atoms with E-state index >= 15 is 0 Å². The summed E-state index contributed by atoms with van der Waals surface area (Å²) in [7, 11) is 0. The molecule has 68 heavy (non-hydrogen) atoms. The van der Waals surface area contributed by atoms with Crippen LogP contribution < -0.4 is 9.80 Å². The Bertz CT molecular complexity index is 4260. The monoisotopic (exact) mass is 868 g/mol. The lowest BCUT2D eigenvalue weighted by atomic mass is 9.90. The first kappa shape index (κ1) is 38.2. The smallest absolute Gasteiger partial charge is 0.159 e. The summed E-state index contributed by atoms with van der Waals surface area (Å²) in [6.45, 7) is 0. The number of rotatable bonds is 7. The first-order valence-corrected chi connectivity index (χ1v) is 23.2. The first-order chi connectivity index (χ1) is 33.7. The third-order valence-electron chi connectivity index (χ3n) is 13.8. The van der Waals surface area contributed by atoms with Gasteiger partial charge in [-0.1, -0.05) is 176 Å². The molecule has 0 spiro atoms. The minimum Gasteiger partial charge on any atom is -0.454 e. The predicted octanol–water partition coefficient (Wildman–Crippen LogP) is 18.7. The van der Waals surface area contributed by atoms with Crippen LogP contribution in [0.1, 0.15) is 0 Å². The molecule has 2 aromatic heterocycles. The van der Waals surface area contributed by atoms with Gasteiger partial charge in [0.25, 0.3) is 0 Å². The van der Waals surface area contributed by atoms with E-state index in [1.807, 2.05) is 18.2 Å². The van der Waals surface area contributed by atoms with E-state index in [0.29, 0.717) is 0 Å². The van der Waals surface area contributed by atoms with Crippen molar-refractivity contribution in [2.24, 2.45) is 0 Å². The molecular weight excluding hydrogens is 829 g/mol. The van der Waals surface area contributed by atoms with Crippen molar-refractivity contribution < 1.29 is 8.83 Å². The summed E-state index contributed by atoms with van der Waals surface area (Å²) in [5.74, 6) is 0. The second-order valence-corrected chi connectivity index (χ2v) is 17.6. The average molecular weight is 869 g/mol. The number of nitrogens with zero attached hydrogens (tertiary/aromatic N) is 2. The lowest BCUT2D eigenvalue weighted by molar-refractivity contribution is 0.668. The van der Waals surface area contributed by atoms with E-state index in [-0.39, 0.29) is 0 Å². The molecule has 0 saturated carbocycles. The van der Waals surface area contributed by atoms with Gasteiger partial charge in [-0.05, 0) is 115 Å². The molecule has 14 rings (SSSR count). The Hall–Kier alpha value is -9.12. The number of benzene rings is 12. The van der Waals surface area contributed by atoms with Crippen molar-refractivity contribution in [3.05, 3.63) is 243 Å². The molecule has 4 nitrogen and oxygen atoms in total. The molecule has 0 radical (unpaired) electrons. The third-order valence-corrected chi connectivity index (χ3v) is 13.8. The topological polar surface area (TPSA) is 32.8 Å². The van der Waals surface area contributed by atoms with Gasteiger partial charge in [-0.15, -0.1) is 0 Å². The third kappa shape index (κ3) is 5.87. The van der Waals surface area contributed by atoms with Crippen LogP contribution in [0.15, 0.2) is 251 Å². The van der Waals surface area contributed by atoms with Crippen LogP contribution >= 0.6 is 0 Å². The summed E-state index contributed by atoms with van der Waals surface area (Å²) in [5.41, 5.74) is 12.0. The van der Waals surface area contributed by atoms with Gasteiger partial charge in [0.1, 0.15) is 11.2 Å². The molecule has 0 amide bonds. The van der Waals surface area contributed by atoms with E-state index in [1.54, 1.807) is 0 Å². The Morgan fingerprint density at radius 1 is 0.265 bits per heavy atom. The Kier molecular flexibility index (Phi) is 8.55. The highest BCUT2D eigenvalue weighted by Gasteiger charge is 2.24. The van der Waals surface area contributed by atoms with Gasteiger partial charge in [0.15, 0.2) is 11.2 Å². The highest BCUT2D eigenvalue weighted by atomic mass is 16.3. The fraction of sp³-hybridized carbons (Fsp3) is 0. The van der Waals surface area contributed by atoms with Crippen LogP contribution in [-0.4, -0.2) is 0 Å². The Morgan fingerprint density at radius 2 is 0.750 bits per heavy atom. The summed E-state index contributed by atoms with van der Waals surface area (Å²) < 4.78 is 13.4. The zero-order valence-corrected chi connectivity index (χ0v) is 36.8. The van der Waals surface area contributed by atoms with Gasteiger partial charge >= 0.3 is 0 Å². The fourth-order valence-corrected chi connectivity index (χ4v) is 10.8. The molecule has 0 aliphatic carbocycles. The number of anilines is 6. The van der Waals surface area contributed by atoms with Crippen LogP contribution in [0.5, 0.6) is 0 Å². The zero-order chi connectivity index (χ0) is 44.7. The Morgan fingerprint density at radius 3 is 1.46 bits per heavy atom. The van der Waals surface area contributed by atoms with E-state index < -0.39 is 0 Å². The molecule has 0 saturated heterocycles. The largest absolute Gasteiger partial charge is 0.454 e. The summed E-state index contributed by atoms with van der Waals surface area (Å²) in [4.78, 5) is 4.71. The van der Waals surface area contributed by atoms with Gasteiger partial charge in [0, 0.05) is 44.2 Å².